The van der Waals surface area contributed by atoms with Crippen LogP contribution >= 0.6 is 11.6 Å². The number of para-hydroxylation sites is 2. The molecule has 0 saturated heterocycles. The Hall–Kier alpha value is -3.63. The van der Waals surface area contributed by atoms with Crippen LogP contribution in [-0.2, 0) is 7.05 Å². The van der Waals surface area contributed by atoms with Crippen molar-refractivity contribution >= 4 is 45.6 Å². The molecule has 0 aliphatic carbocycles. The molecule has 152 valence electrons. The zero-order chi connectivity index (χ0) is 21.5. The van der Waals surface area contributed by atoms with Gasteiger partial charge in [0.15, 0.2) is 0 Å². The largest absolute Gasteiger partial charge is 0.347 e. The van der Waals surface area contributed by atoms with Crippen LogP contribution < -0.4 is 5.56 Å². The Bertz CT molecular complexity index is 1520. The molecule has 0 saturated carbocycles. The Morgan fingerprint density at radius 3 is 2.32 bits per heavy atom. The lowest BCUT2D eigenvalue weighted by molar-refractivity contribution is 0.916. The van der Waals surface area contributed by atoms with E-state index in [-0.39, 0.29) is 5.56 Å². The van der Waals surface area contributed by atoms with E-state index in [4.69, 9.17) is 16.6 Å². The molecule has 0 aliphatic rings. The summed E-state index contributed by atoms with van der Waals surface area (Å²) >= 11 is 6.07. The van der Waals surface area contributed by atoms with Gasteiger partial charge in [-0.15, -0.1) is 0 Å². The molecule has 5 heteroatoms. The highest BCUT2D eigenvalue weighted by molar-refractivity contribution is 6.30. The maximum absolute atomic E-state index is 13.4. The monoisotopic (exact) mass is 425 g/mol. The lowest BCUT2D eigenvalue weighted by Crippen LogP contribution is -2.22. The van der Waals surface area contributed by atoms with Gasteiger partial charge < -0.3 is 4.57 Å². The Morgan fingerprint density at radius 1 is 0.871 bits per heavy atom. The number of halogens is 1. The van der Waals surface area contributed by atoms with E-state index in [2.05, 4.69) is 30.7 Å². The number of aromatic nitrogens is 3. The van der Waals surface area contributed by atoms with Gasteiger partial charge in [0.25, 0.3) is 5.56 Å². The molecule has 31 heavy (non-hydrogen) atoms. The Kier molecular flexibility index (Phi) is 4.72. The van der Waals surface area contributed by atoms with Crippen LogP contribution in [0.2, 0.25) is 5.02 Å². The topological polar surface area (TPSA) is 39.8 Å². The molecule has 5 aromatic rings. The van der Waals surface area contributed by atoms with Gasteiger partial charge in [-0.1, -0.05) is 41.9 Å². The fourth-order valence-corrected chi connectivity index (χ4v) is 4.15. The van der Waals surface area contributed by atoms with Crippen LogP contribution in [0, 0.1) is 6.92 Å². The summed E-state index contributed by atoms with van der Waals surface area (Å²) in [6, 6.07) is 22.9. The van der Waals surface area contributed by atoms with Gasteiger partial charge in [0.2, 0.25) is 0 Å². The minimum absolute atomic E-state index is 0.109. The molecule has 0 unspecified atom stereocenters. The van der Waals surface area contributed by atoms with E-state index in [1.54, 1.807) is 22.8 Å². The van der Waals surface area contributed by atoms with Gasteiger partial charge in [-0.25, -0.2) is 4.98 Å². The standard InChI is InChI=1S/C26H20ClN3O/c1-17-20(21-7-4-6-10-24(21)29(17)2)15-16-25-28-23-9-5-3-8-22(23)26(31)30(25)19-13-11-18(27)12-14-19/h3-16H,1-2H3. The molecule has 2 aromatic heterocycles. The zero-order valence-electron chi connectivity index (χ0n) is 17.2. The summed E-state index contributed by atoms with van der Waals surface area (Å²) in [5, 5.41) is 2.37. The first-order chi connectivity index (χ1) is 15.0. The molecular weight excluding hydrogens is 406 g/mol. The average Bonchev–Trinajstić information content (AvgIpc) is 3.03. The molecule has 0 aliphatic heterocycles. The smallest absolute Gasteiger partial charge is 0.266 e. The summed E-state index contributed by atoms with van der Waals surface area (Å²) < 4.78 is 3.81. The van der Waals surface area contributed by atoms with E-state index >= 15 is 0 Å². The summed E-state index contributed by atoms with van der Waals surface area (Å²) in [6.45, 7) is 2.10. The summed E-state index contributed by atoms with van der Waals surface area (Å²) in [5.41, 5.74) is 4.72. The normalized spacial score (nSPS) is 11.7. The second kappa shape index (κ2) is 7.56. The second-order valence-electron chi connectivity index (χ2n) is 7.51. The van der Waals surface area contributed by atoms with E-state index in [9.17, 15) is 4.79 Å². The number of rotatable bonds is 3. The maximum atomic E-state index is 13.4. The van der Waals surface area contributed by atoms with Crippen molar-refractivity contribution in [3.05, 3.63) is 105 Å². The summed E-state index contributed by atoms with van der Waals surface area (Å²) in [5.74, 6) is 0.568. The van der Waals surface area contributed by atoms with E-state index in [1.807, 2.05) is 54.6 Å². The Balaban J connectivity index is 1.75. The summed E-state index contributed by atoms with van der Waals surface area (Å²) in [4.78, 5) is 18.2. The minimum Gasteiger partial charge on any atom is -0.347 e. The number of aryl methyl sites for hydroxylation is 1. The van der Waals surface area contributed by atoms with Gasteiger partial charge in [-0.3, -0.25) is 9.36 Å². The third-order valence-electron chi connectivity index (χ3n) is 5.73. The number of benzene rings is 3. The third-order valence-corrected chi connectivity index (χ3v) is 5.99. The van der Waals surface area contributed by atoms with Gasteiger partial charge in [-0.05, 0) is 61.5 Å². The first-order valence-corrected chi connectivity index (χ1v) is 10.4. The van der Waals surface area contributed by atoms with Crippen molar-refractivity contribution < 1.29 is 0 Å². The van der Waals surface area contributed by atoms with Crippen LogP contribution in [0.15, 0.2) is 77.6 Å². The summed E-state index contributed by atoms with van der Waals surface area (Å²) in [6.07, 6.45) is 3.96. The van der Waals surface area contributed by atoms with E-state index in [0.29, 0.717) is 21.7 Å². The second-order valence-corrected chi connectivity index (χ2v) is 7.95. The molecule has 3 aromatic carbocycles. The van der Waals surface area contributed by atoms with Crippen LogP contribution in [-0.4, -0.2) is 14.1 Å². The number of nitrogens with zero attached hydrogens (tertiary/aromatic N) is 3. The molecule has 0 bridgehead atoms. The predicted octanol–water partition coefficient (Wildman–Crippen LogP) is 6.01. The van der Waals surface area contributed by atoms with Crippen LogP contribution in [0.1, 0.15) is 17.1 Å². The molecule has 4 nitrogen and oxygen atoms in total. The number of fused-ring (bicyclic) bond motifs is 2. The minimum atomic E-state index is -0.109. The SMILES string of the molecule is Cc1c(C=Cc2nc3ccccc3c(=O)n2-c2ccc(Cl)cc2)c2ccccc2n1C. The highest BCUT2D eigenvalue weighted by Crippen LogP contribution is 2.27. The van der Waals surface area contributed by atoms with Crippen molar-refractivity contribution in [1.29, 1.82) is 0 Å². The van der Waals surface area contributed by atoms with E-state index in [0.717, 1.165) is 16.9 Å². The van der Waals surface area contributed by atoms with Gasteiger partial charge >= 0.3 is 0 Å². The van der Waals surface area contributed by atoms with Gasteiger partial charge in [0, 0.05) is 34.2 Å². The molecule has 0 fully saturated rings. The van der Waals surface area contributed by atoms with E-state index in [1.165, 1.54) is 10.9 Å². The molecule has 0 amide bonds. The van der Waals surface area contributed by atoms with Crippen molar-refractivity contribution in [2.24, 2.45) is 7.05 Å². The molecule has 0 spiro atoms. The van der Waals surface area contributed by atoms with Crippen LogP contribution in [0.5, 0.6) is 0 Å². The fraction of sp³-hybridized carbons (Fsp3) is 0.0769. The number of hydrogen-bond acceptors (Lipinski definition) is 2. The van der Waals surface area contributed by atoms with Crippen molar-refractivity contribution in [2.45, 2.75) is 6.92 Å². The Labute approximate surface area is 184 Å². The lowest BCUT2D eigenvalue weighted by Gasteiger charge is -2.11. The molecule has 0 atom stereocenters. The zero-order valence-corrected chi connectivity index (χ0v) is 18.0. The van der Waals surface area contributed by atoms with Gasteiger partial charge in [0.1, 0.15) is 5.82 Å². The third kappa shape index (κ3) is 3.25. The number of hydrogen-bond donors (Lipinski definition) is 0. The van der Waals surface area contributed by atoms with Crippen molar-refractivity contribution in [3.8, 4) is 5.69 Å². The molecule has 2 heterocycles. The van der Waals surface area contributed by atoms with Crippen LogP contribution in [0.3, 0.4) is 0 Å². The van der Waals surface area contributed by atoms with Gasteiger partial charge in [0.05, 0.1) is 16.6 Å². The molecule has 0 radical (unpaired) electrons. The van der Waals surface area contributed by atoms with Crippen molar-refractivity contribution in [2.75, 3.05) is 0 Å². The maximum Gasteiger partial charge on any atom is 0.266 e. The predicted molar refractivity (Wildman–Crippen MR) is 129 cm³/mol. The Morgan fingerprint density at radius 2 is 1.55 bits per heavy atom. The van der Waals surface area contributed by atoms with Crippen molar-refractivity contribution in [3.63, 3.8) is 0 Å². The molecule has 0 N–H and O–H groups in total. The average molecular weight is 426 g/mol. The van der Waals surface area contributed by atoms with Crippen LogP contribution in [0.25, 0.3) is 39.6 Å². The van der Waals surface area contributed by atoms with E-state index < -0.39 is 0 Å². The first-order valence-electron chi connectivity index (χ1n) is 10.0. The highest BCUT2D eigenvalue weighted by Gasteiger charge is 2.13. The lowest BCUT2D eigenvalue weighted by atomic mass is 10.1. The summed E-state index contributed by atoms with van der Waals surface area (Å²) in [7, 11) is 2.06. The van der Waals surface area contributed by atoms with Crippen LogP contribution in [0.4, 0.5) is 0 Å². The van der Waals surface area contributed by atoms with Crippen molar-refractivity contribution in [1.82, 2.24) is 14.1 Å². The fourth-order valence-electron chi connectivity index (χ4n) is 4.02. The van der Waals surface area contributed by atoms with Gasteiger partial charge in [-0.2, -0.15) is 0 Å². The first kappa shape index (κ1) is 19.3. The molecular formula is C26H20ClN3O. The quantitative estimate of drug-likeness (QED) is 0.355. The highest BCUT2D eigenvalue weighted by atomic mass is 35.5. The molecule has 5 rings (SSSR count).